The zero-order chi connectivity index (χ0) is 29.3. The van der Waals surface area contributed by atoms with Gasteiger partial charge in [0.15, 0.2) is 0 Å². The van der Waals surface area contributed by atoms with Crippen LogP contribution in [0.2, 0.25) is 0 Å². The average Bonchev–Trinajstić information content (AvgIpc) is 2.93. The molecule has 1 N–H and O–H groups in total. The maximum absolute atomic E-state index is 14.1. The first-order valence-electron chi connectivity index (χ1n) is 13.3. The van der Waals surface area contributed by atoms with E-state index in [2.05, 4.69) is 5.32 Å². The molecule has 0 heterocycles. The quantitative estimate of drug-likeness (QED) is 0.336. The van der Waals surface area contributed by atoms with Crippen molar-refractivity contribution in [2.75, 3.05) is 30.8 Å². The van der Waals surface area contributed by atoms with Gasteiger partial charge in [-0.2, -0.15) is 0 Å². The SMILES string of the molecule is COc1cccc(N(CC(=O)N(Cc2ccc(C)cc2)C(Cc2ccccc2)C(=O)NCC(C)C)S(C)(=O)=O)c1. The van der Waals surface area contributed by atoms with Crippen molar-refractivity contribution in [2.45, 2.75) is 39.8 Å². The molecule has 0 radical (unpaired) electrons. The van der Waals surface area contributed by atoms with E-state index in [9.17, 15) is 18.0 Å². The molecule has 2 amide bonds. The third-order valence-corrected chi connectivity index (χ3v) is 7.59. The number of methoxy groups -OCH3 is 1. The maximum atomic E-state index is 14.1. The third-order valence-electron chi connectivity index (χ3n) is 6.45. The zero-order valence-corrected chi connectivity index (χ0v) is 24.6. The summed E-state index contributed by atoms with van der Waals surface area (Å²) in [6.07, 6.45) is 1.33. The Morgan fingerprint density at radius 1 is 0.925 bits per heavy atom. The molecule has 0 spiro atoms. The molecule has 0 aliphatic rings. The molecule has 1 unspecified atom stereocenters. The Morgan fingerprint density at radius 2 is 1.60 bits per heavy atom. The molecule has 3 aromatic rings. The van der Waals surface area contributed by atoms with Gasteiger partial charge < -0.3 is 15.0 Å². The molecule has 0 fully saturated rings. The van der Waals surface area contributed by atoms with Crippen LogP contribution in [0.3, 0.4) is 0 Å². The predicted molar refractivity (Wildman–Crippen MR) is 159 cm³/mol. The number of benzene rings is 3. The molecule has 0 bridgehead atoms. The molecule has 214 valence electrons. The van der Waals surface area contributed by atoms with E-state index < -0.39 is 28.5 Å². The Labute approximate surface area is 238 Å². The minimum atomic E-state index is -3.85. The second-order valence-corrected chi connectivity index (χ2v) is 12.2. The summed E-state index contributed by atoms with van der Waals surface area (Å²) >= 11 is 0. The second-order valence-electron chi connectivity index (χ2n) is 10.3. The number of carbonyl (C=O) groups is 2. The van der Waals surface area contributed by atoms with E-state index in [1.807, 2.05) is 75.4 Å². The van der Waals surface area contributed by atoms with Crippen molar-refractivity contribution < 1.29 is 22.7 Å². The molecule has 0 saturated carbocycles. The Balaban J connectivity index is 2.04. The van der Waals surface area contributed by atoms with Crippen molar-refractivity contribution in [3.8, 4) is 5.75 Å². The molecule has 3 rings (SSSR count). The molecular formula is C31H39N3O5S. The molecule has 3 aromatic carbocycles. The van der Waals surface area contributed by atoms with Crippen molar-refractivity contribution >= 4 is 27.5 Å². The first-order chi connectivity index (χ1) is 19.0. The van der Waals surface area contributed by atoms with Gasteiger partial charge >= 0.3 is 0 Å². The van der Waals surface area contributed by atoms with Crippen molar-refractivity contribution in [3.05, 3.63) is 95.6 Å². The number of hydrogen-bond donors (Lipinski definition) is 1. The van der Waals surface area contributed by atoms with Crippen molar-refractivity contribution in [1.82, 2.24) is 10.2 Å². The predicted octanol–water partition coefficient (Wildman–Crippen LogP) is 4.18. The lowest BCUT2D eigenvalue weighted by molar-refractivity contribution is -0.140. The van der Waals surface area contributed by atoms with Crippen LogP contribution in [0, 0.1) is 12.8 Å². The molecule has 0 aliphatic carbocycles. The number of nitrogens with one attached hydrogen (secondary N) is 1. The minimum Gasteiger partial charge on any atom is -0.497 e. The number of carbonyl (C=O) groups excluding carboxylic acids is 2. The second kappa shape index (κ2) is 14.0. The first kappa shape index (κ1) is 30.7. The highest BCUT2D eigenvalue weighted by Crippen LogP contribution is 2.24. The van der Waals surface area contributed by atoms with E-state index in [4.69, 9.17) is 4.74 Å². The minimum absolute atomic E-state index is 0.140. The van der Waals surface area contributed by atoms with Gasteiger partial charge in [0.1, 0.15) is 18.3 Å². The molecule has 9 heteroatoms. The normalized spacial score (nSPS) is 12.1. The Kier molecular flexibility index (Phi) is 10.7. The zero-order valence-electron chi connectivity index (χ0n) is 23.8. The van der Waals surface area contributed by atoms with Gasteiger partial charge in [-0.1, -0.05) is 80.1 Å². The van der Waals surface area contributed by atoms with Gasteiger partial charge in [0.2, 0.25) is 21.8 Å². The molecule has 0 saturated heterocycles. The van der Waals surface area contributed by atoms with Crippen LogP contribution < -0.4 is 14.4 Å². The van der Waals surface area contributed by atoms with Crippen LogP contribution in [0.4, 0.5) is 5.69 Å². The smallest absolute Gasteiger partial charge is 0.244 e. The fourth-order valence-corrected chi connectivity index (χ4v) is 5.09. The van der Waals surface area contributed by atoms with Gasteiger partial charge in [0, 0.05) is 25.6 Å². The van der Waals surface area contributed by atoms with Crippen LogP contribution >= 0.6 is 0 Å². The van der Waals surface area contributed by atoms with Crippen LogP contribution in [0.1, 0.15) is 30.5 Å². The van der Waals surface area contributed by atoms with Gasteiger partial charge in [-0.05, 0) is 36.1 Å². The number of anilines is 1. The number of sulfonamides is 1. The first-order valence-corrected chi connectivity index (χ1v) is 15.1. The van der Waals surface area contributed by atoms with Crippen LogP contribution in [0.5, 0.6) is 5.75 Å². The summed E-state index contributed by atoms with van der Waals surface area (Å²) in [7, 11) is -2.36. The summed E-state index contributed by atoms with van der Waals surface area (Å²) in [6.45, 7) is 6.10. The number of nitrogens with zero attached hydrogens (tertiary/aromatic N) is 2. The highest BCUT2D eigenvalue weighted by Gasteiger charge is 2.33. The van der Waals surface area contributed by atoms with Crippen molar-refractivity contribution in [1.29, 1.82) is 0 Å². The van der Waals surface area contributed by atoms with E-state index in [0.29, 0.717) is 18.0 Å². The molecule has 0 aliphatic heterocycles. The van der Waals surface area contributed by atoms with Crippen molar-refractivity contribution in [2.24, 2.45) is 5.92 Å². The van der Waals surface area contributed by atoms with Crippen LogP contribution in [0.25, 0.3) is 0 Å². The summed E-state index contributed by atoms with van der Waals surface area (Å²) in [5.41, 5.74) is 3.09. The summed E-state index contributed by atoms with van der Waals surface area (Å²) < 4.78 is 32.1. The van der Waals surface area contributed by atoms with Crippen LogP contribution in [0.15, 0.2) is 78.9 Å². The fourth-order valence-electron chi connectivity index (χ4n) is 4.25. The number of rotatable bonds is 13. The molecule has 40 heavy (non-hydrogen) atoms. The summed E-state index contributed by atoms with van der Waals surface area (Å²) in [5, 5.41) is 2.98. The number of amides is 2. The summed E-state index contributed by atoms with van der Waals surface area (Å²) in [4.78, 5) is 29.2. The highest BCUT2D eigenvalue weighted by atomic mass is 32.2. The molecule has 1 atom stereocenters. The largest absolute Gasteiger partial charge is 0.497 e. The molecule has 8 nitrogen and oxygen atoms in total. The molecular weight excluding hydrogens is 526 g/mol. The number of ether oxygens (including phenoxy) is 1. The van der Waals surface area contributed by atoms with E-state index >= 15 is 0 Å². The van der Waals surface area contributed by atoms with E-state index in [-0.39, 0.29) is 24.8 Å². The number of hydrogen-bond acceptors (Lipinski definition) is 5. The summed E-state index contributed by atoms with van der Waals surface area (Å²) in [5.74, 6) is -0.0961. The average molecular weight is 566 g/mol. The third kappa shape index (κ3) is 8.84. The maximum Gasteiger partial charge on any atom is 0.244 e. The molecule has 0 aromatic heterocycles. The lowest BCUT2D eigenvalue weighted by Gasteiger charge is -2.33. The van der Waals surface area contributed by atoms with Crippen LogP contribution in [-0.4, -0.2) is 57.6 Å². The highest BCUT2D eigenvalue weighted by molar-refractivity contribution is 7.92. The van der Waals surface area contributed by atoms with E-state index in [0.717, 1.165) is 27.3 Å². The Bertz CT molecular complexity index is 1380. The van der Waals surface area contributed by atoms with Gasteiger partial charge in [0.05, 0.1) is 19.1 Å². The van der Waals surface area contributed by atoms with E-state index in [1.165, 1.54) is 12.0 Å². The van der Waals surface area contributed by atoms with Gasteiger partial charge in [-0.3, -0.25) is 13.9 Å². The van der Waals surface area contributed by atoms with Crippen molar-refractivity contribution in [3.63, 3.8) is 0 Å². The fraction of sp³-hybridized carbons (Fsp3) is 0.355. The van der Waals surface area contributed by atoms with Gasteiger partial charge in [-0.15, -0.1) is 0 Å². The lowest BCUT2D eigenvalue weighted by Crippen LogP contribution is -2.53. The standard InChI is InChI=1S/C31H39N3O5S/c1-23(2)20-32-31(36)29(18-25-10-7-6-8-11-25)33(21-26-16-14-24(3)15-17-26)30(35)22-34(40(5,37)38)27-12-9-13-28(19-27)39-4/h6-17,19,23,29H,18,20-22H2,1-5H3,(H,32,36). The van der Waals surface area contributed by atoms with Gasteiger partial charge in [-0.25, -0.2) is 8.42 Å². The van der Waals surface area contributed by atoms with Crippen LogP contribution in [-0.2, 0) is 32.6 Å². The number of aryl methyl sites for hydroxylation is 1. The Morgan fingerprint density at radius 3 is 2.20 bits per heavy atom. The van der Waals surface area contributed by atoms with E-state index in [1.54, 1.807) is 24.3 Å². The monoisotopic (exact) mass is 565 g/mol. The van der Waals surface area contributed by atoms with Gasteiger partial charge in [0.25, 0.3) is 0 Å². The topological polar surface area (TPSA) is 96.0 Å². The Hall–Kier alpha value is -3.85. The summed E-state index contributed by atoms with van der Waals surface area (Å²) in [6, 6.07) is 22.9. The lowest BCUT2D eigenvalue weighted by atomic mass is 10.0.